The summed E-state index contributed by atoms with van der Waals surface area (Å²) in [4.78, 5) is 0. The first-order chi connectivity index (χ1) is 3.95. The maximum Gasteiger partial charge on any atom is 0.00778 e. The van der Waals surface area contributed by atoms with Gasteiger partial charge < -0.3 is 0 Å². The maximum absolute atomic E-state index is 2.25. The van der Waals surface area contributed by atoms with Gasteiger partial charge in [-0.05, 0) is 6.42 Å². The van der Waals surface area contributed by atoms with Crippen LogP contribution in [-0.2, 0) is 0 Å². The Bertz CT molecular complexity index is 71.1. The van der Waals surface area contributed by atoms with Crippen LogP contribution in [0.1, 0.15) is 34.6 Å². The van der Waals surface area contributed by atoms with Crippen molar-refractivity contribution in [3.63, 3.8) is 0 Å². The zero-order valence-corrected chi connectivity index (χ0v) is 7.88. The lowest BCUT2D eigenvalue weighted by molar-refractivity contribution is 0.796. The minimum atomic E-state index is 0.409. The molecule has 0 spiro atoms. The predicted octanol–water partition coefficient (Wildman–Crippen LogP) is 3.13. The Kier molecular flexibility index (Phi) is 3.64. The van der Waals surface area contributed by atoms with Gasteiger partial charge in [-0.15, -0.1) is 0 Å². The molecule has 0 bridgehead atoms. The average molecular weight is 145 g/mol. The van der Waals surface area contributed by atoms with Crippen LogP contribution in [0.3, 0.4) is 0 Å². The van der Waals surface area contributed by atoms with Gasteiger partial charge in [0.15, 0.2) is 0 Å². The van der Waals surface area contributed by atoms with Crippen molar-refractivity contribution >= 4 is 11.8 Å². The molecule has 1 unspecified atom stereocenters. The molecule has 1 atom stereocenters. The fourth-order valence-corrected chi connectivity index (χ4v) is 1.88. The second kappa shape index (κ2) is 3.50. The molecule has 0 nitrogen and oxygen atoms in total. The van der Waals surface area contributed by atoms with E-state index in [-0.39, 0.29) is 0 Å². The first kappa shape index (κ1) is 9.35. The molecule has 0 aromatic heterocycles. The Morgan fingerprint density at radius 3 is 1.89 bits per heavy atom. The third-order valence-electron chi connectivity index (χ3n) is 1.01. The van der Waals surface area contributed by atoms with Crippen LogP contribution in [-0.4, -0.2) is 10.00 Å². The number of hydrogen-bond donors (Lipinski definition) is 0. The van der Waals surface area contributed by atoms with Gasteiger partial charge in [0, 0.05) is 10.00 Å². The van der Waals surface area contributed by atoms with Crippen molar-refractivity contribution in [2.45, 2.75) is 44.6 Å². The second-order valence-corrected chi connectivity index (χ2v) is 5.47. The van der Waals surface area contributed by atoms with Crippen LogP contribution in [0.15, 0.2) is 0 Å². The molecule has 55 valence electrons. The molecule has 0 saturated carbocycles. The van der Waals surface area contributed by atoms with Crippen molar-refractivity contribution in [2.24, 2.45) is 0 Å². The van der Waals surface area contributed by atoms with Gasteiger partial charge in [0.1, 0.15) is 0 Å². The van der Waals surface area contributed by atoms with Crippen LogP contribution in [0.5, 0.6) is 0 Å². The van der Waals surface area contributed by atoms with Crippen molar-refractivity contribution in [3.8, 4) is 0 Å². The van der Waals surface area contributed by atoms with E-state index in [1.165, 1.54) is 0 Å². The summed E-state index contributed by atoms with van der Waals surface area (Å²) < 4.78 is 0.409. The van der Waals surface area contributed by atoms with Crippen molar-refractivity contribution in [1.29, 1.82) is 0 Å². The van der Waals surface area contributed by atoms with Crippen molar-refractivity contribution in [2.75, 3.05) is 0 Å². The molecule has 0 aliphatic carbocycles. The highest BCUT2D eigenvalue weighted by Crippen LogP contribution is 2.28. The van der Waals surface area contributed by atoms with Gasteiger partial charge in [0.05, 0.1) is 0 Å². The summed E-state index contributed by atoms with van der Waals surface area (Å²) in [6.45, 7) is 11.1. The van der Waals surface area contributed by atoms with Crippen LogP contribution in [0.25, 0.3) is 0 Å². The molecule has 1 radical (unpaired) electrons. The molecule has 0 rings (SSSR count). The van der Waals surface area contributed by atoms with E-state index in [0.29, 0.717) is 10.00 Å². The summed E-state index contributed by atoms with van der Waals surface area (Å²) in [5.41, 5.74) is 0. The van der Waals surface area contributed by atoms with Gasteiger partial charge in [-0.2, -0.15) is 11.8 Å². The zero-order chi connectivity index (χ0) is 7.49. The second-order valence-electron chi connectivity index (χ2n) is 3.27. The molecule has 0 fully saturated rings. The summed E-state index contributed by atoms with van der Waals surface area (Å²) in [7, 11) is 0. The molecular weight excluding hydrogens is 128 g/mol. The highest BCUT2D eigenvalue weighted by atomic mass is 32.2. The first-order valence-corrected chi connectivity index (χ1v) is 4.31. The van der Waals surface area contributed by atoms with Crippen LogP contribution in [0.4, 0.5) is 0 Å². The van der Waals surface area contributed by atoms with E-state index in [1.807, 2.05) is 11.8 Å². The minimum absolute atomic E-state index is 0.409. The lowest BCUT2D eigenvalue weighted by Crippen LogP contribution is -2.12. The highest BCUT2D eigenvalue weighted by Gasteiger charge is 2.13. The normalized spacial score (nSPS) is 15.7. The van der Waals surface area contributed by atoms with E-state index >= 15 is 0 Å². The Morgan fingerprint density at radius 1 is 1.33 bits per heavy atom. The van der Waals surface area contributed by atoms with E-state index in [9.17, 15) is 0 Å². The lowest BCUT2D eigenvalue weighted by atomic mass is 10.3. The van der Waals surface area contributed by atoms with Gasteiger partial charge in [-0.3, -0.25) is 0 Å². The van der Waals surface area contributed by atoms with E-state index in [4.69, 9.17) is 0 Å². The van der Waals surface area contributed by atoms with Crippen molar-refractivity contribution in [3.05, 3.63) is 6.42 Å². The van der Waals surface area contributed by atoms with E-state index < -0.39 is 0 Å². The highest BCUT2D eigenvalue weighted by molar-refractivity contribution is 8.01. The molecule has 0 heterocycles. The summed E-state index contributed by atoms with van der Waals surface area (Å²) in [6.07, 6.45) is 2.23. The summed E-state index contributed by atoms with van der Waals surface area (Å²) in [5, 5.41) is 0.685. The topological polar surface area (TPSA) is 0 Å². The van der Waals surface area contributed by atoms with Gasteiger partial charge in [-0.25, -0.2) is 0 Å². The Labute approximate surface area is 63.4 Å². The minimum Gasteiger partial charge on any atom is -0.153 e. The first-order valence-electron chi connectivity index (χ1n) is 3.43. The number of rotatable bonds is 2. The largest absolute Gasteiger partial charge is 0.153 e. The van der Waals surface area contributed by atoms with E-state index in [0.717, 1.165) is 0 Å². The van der Waals surface area contributed by atoms with Crippen LogP contribution in [0, 0.1) is 6.42 Å². The maximum atomic E-state index is 2.25. The zero-order valence-electron chi connectivity index (χ0n) is 7.06. The third kappa shape index (κ3) is 6.23. The standard InChI is InChI=1S/C8H17S/c1-6-7(2)9-8(3,4)5/h6-7H,1-5H3. The molecule has 0 aliphatic heterocycles. The van der Waals surface area contributed by atoms with Gasteiger partial charge >= 0.3 is 0 Å². The van der Waals surface area contributed by atoms with Crippen LogP contribution in [0.2, 0.25) is 0 Å². The molecule has 0 amide bonds. The third-order valence-corrected chi connectivity index (χ3v) is 2.36. The summed E-state index contributed by atoms with van der Waals surface area (Å²) >= 11 is 2.00. The van der Waals surface area contributed by atoms with Gasteiger partial charge in [0.25, 0.3) is 0 Å². The Morgan fingerprint density at radius 2 is 1.78 bits per heavy atom. The lowest BCUT2D eigenvalue weighted by Gasteiger charge is -2.21. The monoisotopic (exact) mass is 145 g/mol. The fourth-order valence-electron chi connectivity index (χ4n) is 0.626. The molecule has 1 heteroatoms. The van der Waals surface area contributed by atoms with Crippen molar-refractivity contribution in [1.82, 2.24) is 0 Å². The Balaban J connectivity index is 3.47. The summed E-state index contributed by atoms with van der Waals surface area (Å²) in [6, 6.07) is 0. The molecule has 0 N–H and O–H groups in total. The molecule has 0 aromatic rings. The predicted molar refractivity (Wildman–Crippen MR) is 46.8 cm³/mol. The smallest absolute Gasteiger partial charge is 0.00778 e. The fraction of sp³-hybridized carbons (Fsp3) is 0.875. The Hall–Kier alpha value is 0.350. The molecule has 9 heavy (non-hydrogen) atoms. The molecule has 0 aromatic carbocycles. The summed E-state index contributed by atoms with van der Waals surface area (Å²) in [5.74, 6) is 0. The molecular formula is C8H17S. The number of hydrogen-bond acceptors (Lipinski definition) is 1. The molecule has 0 aliphatic rings. The van der Waals surface area contributed by atoms with Crippen molar-refractivity contribution < 1.29 is 0 Å². The average Bonchev–Trinajstić information content (AvgIpc) is 1.62. The molecule has 0 saturated heterocycles. The van der Waals surface area contributed by atoms with Gasteiger partial charge in [-0.1, -0.05) is 34.6 Å². The quantitative estimate of drug-likeness (QED) is 0.575. The number of thioether (sulfide) groups is 1. The van der Waals surface area contributed by atoms with Gasteiger partial charge in [0.2, 0.25) is 0 Å². The SMILES string of the molecule is C[CH]C(C)SC(C)(C)C. The van der Waals surface area contributed by atoms with Crippen LogP contribution < -0.4 is 0 Å². The van der Waals surface area contributed by atoms with E-state index in [1.54, 1.807) is 0 Å². The van der Waals surface area contributed by atoms with Crippen LogP contribution >= 0.6 is 11.8 Å². The van der Waals surface area contributed by atoms with E-state index in [2.05, 4.69) is 41.0 Å².